The monoisotopic (exact) mass is 271 g/mol. The second-order valence-corrected chi connectivity index (χ2v) is 4.82. The zero-order valence-corrected chi connectivity index (χ0v) is 10.5. The molecule has 0 bridgehead atoms. The van der Waals surface area contributed by atoms with Crippen LogP contribution in [0, 0.1) is 5.92 Å². The molecule has 1 fully saturated rings. The minimum atomic E-state index is -0.957. The van der Waals surface area contributed by atoms with Crippen LogP contribution in [0.4, 0.5) is 0 Å². The van der Waals surface area contributed by atoms with E-state index >= 15 is 0 Å². The number of amides is 1. The van der Waals surface area contributed by atoms with Crippen molar-refractivity contribution >= 4 is 23.2 Å². The van der Waals surface area contributed by atoms with Crippen LogP contribution in [0.3, 0.4) is 0 Å². The molecule has 0 spiro atoms. The first-order chi connectivity index (χ1) is 8.61. The molecule has 7 heteroatoms. The molecule has 1 aliphatic rings. The van der Waals surface area contributed by atoms with E-state index in [0.29, 0.717) is 10.6 Å². The summed E-state index contributed by atoms with van der Waals surface area (Å²) >= 11 is 1.25. The van der Waals surface area contributed by atoms with Gasteiger partial charge in [-0.3, -0.25) is 9.59 Å². The fraction of sp³-hybridized carbons (Fsp3) is 0.455. The van der Waals surface area contributed by atoms with E-state index in [4.69, 9.17) is 14.6 Å². The summed E-state index contributed by atoms with van der Waals surface area (Å²) in [5.74, 6) is -1.33. The summed E-state index contributed by atoms with van der Waals surface area (Å²) < 4.78 is 10.1. The van der Waals surface area contributed by atoms with Crippen molar-refractivity contribution in [1.82, 2.24) is 5.32 Å². The largest absolute Gasteiger partial charge is 0.496 e. The lowest BCUT2D eigenvalue weighted by molar-refractivity contribution is -0.142. The molecule has 2 N–H and O–H groups in total. The first kappa shape index (κ1) is 12.8. The molecule has 0 aliphatic carbocycles. The molecule has 1 amide bonds. The average molecular weight is 271 g/mol. The molecule has 1 aromatic rings. The SMILES string of the molecule is COc1csc(C(=O)NC2COCC2C(=O)O)c1. The molecule has 2 atom stereocenters. The topological polar surface area (TPSA) is 84.9 Å². The molecule has 1 aromatic heterocycles. The van der Waals surface area contributed by atoms with E-state index in [9.17, 15) is 9.59 Å². The van der Waals surface area contributed by atoms with Crippen LogP contribution in [0.25, 0.3) is 0 Å². The van der Waals surface area contributed by atoms with Gasteiger partial charge in [0.1, 0.15) is 11.7 Å². The summed E-state index contributed by atoms with van der Waals surface area (Å²) in [5, 5.41) is 13.4. The fourth-order valence-corrected chi connectivity index (χ4v) is 2.48. The van der Waals surface area contributed by atoms with Gasteiger partial charge >= 0.3 is 5.97 Å². The van der Waals surface area contributed by atoms with Crippen LogP contribution in [0.15, 0.2) is 11.4 Å². The van der Waals surface area contributed by atoms with Crippen molar-refractivity contribution < 1.29 is 24.2 Å². The summed E-state index contributed by atoms with van der Waals surface area (Å²) in [7, 11) is 1.52. The third kappa shape index (κ3) is 2.62. The molecule has 18 heavy (non-hydrogen) atoms. The lowest BCUT2D eigenvalue weighted by Gasteiger charge is -2.14. The predicted molar refractivity (Wildman–Crippen MR) is 64.1 cm³/mol. The molecular weight excluding hydrogens is 258 g/mol. The molecule has 2 unspecified atom stereocenters. The molecule has 2 rings (SSSR count). The summed E-state index contributed by atoms with van der Waals surface area (Å²) in [5.41, 5.74) is 0. The molecule has 1 saturated heterocycles. The fourth-order valence-electron chi connectivity index (χ4n) is 1.72. The molecule has 6 nitrogen and oxygen atoms in total. The van der Waals surface area contributed by atoms with Crippen molar-refractivity contribution in [3.05, 3.63) is 16.3 Å². The molecule has 0 saturated carbocycles. The Kier molecular flexibility index (Phi) is 3.83. The van der Waals surface area contributed by atoms with Gasteiger partial charge < -0.3 is 19.9 Å². The number of carbonyl (C=O) groups is 2. The van der Waals surface area contributed by atoms with Crippen molar-refractivity contribution in [3.63, 3.8) is 0 Å². The smallest absolute Gasteiger partial charge is 0.311 e. The van der Waals surface area contributed by atoms with Crippen LogP contribution in [0.1, 0.15) is 9.67 Å². The number of carboxylic acids is 1. The van der Waals surface area contributed by atoms with Gasteiger partial charge in [-0.05, 0) is 0 Å². The Morgan fingerprint density at radius 3 is 2.94 bits per heavy atom. The number of thiophene rings is 1. The van der Waals surface area contributed by atoms with Crippen LogP contribution in [0.2, 0.25) is 0 Å². The molecule has 98 valence electrons. The van der Waals surface area contributed by atoms with E-state index in [1.165, 1.54) is 18.4 Å². The van der Waals surface area contributed by atoms with Gasteiger partial charge in [0.2, 0.25) is 0 Å². The van der Waals surface area contributed by atoms with Gasteiger partial charge in [-0.1, -0.05) is 0 Å². The Labute approximate surface area is 108 Å². The standard InChI is InChI=1S/C11H13NO5S/c1-16-6-2-9(18-5-6)10(13)12-8-4-17-3-7(8)11(14)15/h2,5,7-8H,3-4H2,1H3,(H,12,13)(H,14,15). The maximum Gasteiger partial charge on any atom is 0.311 e. The maximum absolute atomic E-state index is 11.9. The van der Waals surface area contributed by atoms with Gasteiger partial charge in [0.25, 0.3) is 5.91 Å². The summed E-state index contributed by atoms with van der Waals surface area (Å²) in [4.78, 5) is 23.3. The van der Waals surface area contributed by atoms with E-state index in [1.807, 2.05) is 0 Å². The third-order valence-corrected chi connectivity index (χ3v) is 3.66. The number of aliphatic carboxylic acids is 1. The van der Waals surface area contributed by atoms with Crippen molar-refractivity contribution in [3.8, 4) is 5.75 Å². The molecule has 1 aliphatic heterocycles. The highest BCUT2D eigenvalue weighted by atomic mass is 32.1. The zero-order chi connectivity index (χ0) is 13.1. The van der Waals surface area contributed by atoms with Crippen LogP contribution < -0.4 is 10.1 Å². The Morgan fingerprint density at radius 1 is 1.56 bits per heavy atom. The zero-order valence-electron chi connectivity index (χ0n) is 9.71. The number of rotatable bonds is 4. The van der Waals surface area contributed by atoms with Crippen LogP contribution >= 0.6 is 11.3 Å². The normalized spacial score (nSPS) is 22.7. The van der Waals surface area contributed by atoms with Crippen molar-refractivity contribution in [1.29, 1.82) is 0 Å². The first-order valence-electron chi connectivity index (χ1n) is 5.35. The number of methoxy groups -OCH3 is 1. The highest BCUT2D eigenvalue weighted by molar-refractivity contribution is 7.12. The number of ether oxygens (including phenoxy) is 2. The van der Waals surface area contributed by atoms with Crippen LogP contribution in [-0.2, 0) is 9.53 Å². The minimum absolute atomic E-state index is 0.133. The highest BCUT2D eigenvalue weighted by Gasteiger charge is 2.35. The first-order valence-corrected chi connectivity index (χ1v) is 6.23. The van der Waals surface area contributed by atoms with E-state index < -0.39 is 17.9 Å². The summed E-state index contributed by atoms with van der Waals surface area (Å²) in [6.07, 6.45) is 0. The number of carbonyl (C=O) groups excluding carboxylic acids is 1. The number of nitrogens with one attached hydrogen (secondary N) is 1. The molecule has 0 radical (unpaired) electrons. The lowest BCUT2D eigenvalue weighted by atomic mass is 10.0. The van der Waals surface area contributed by atoms with Gasteiger partial charge in [-0.15, -0.1) is 11.3 Å². The maximum atomic E-state index is 11.9. The van der Waals surface area contributed by atoms with Crippen molar-refractivity contribution in [2.24, 2.45) is 5.92 Å². The second kappa shape index (κ2) is 5.36. The molecular formula is C11H13NO5S. The lowest BCUT2D eigenvalue weighted by Crippen LogP contribution is -2.42. The number of hydrogen-bond acceptors (Lipinski definition) is 5. The van der Waals surface area contributed by atoms with E-state index in [1.54, 1.807) is 11.4 Å². The molecule has 2 heterocycles. The van der Waals surface area contributed by atoms with E-state index in [2.05, 4.69) is 5.32 Å². The second-order valence-electron chi connectivity index (χ2n) is 3.91. The van der Waals surface area contributed by atoms with Gasteiger partial charge in [0.15, 0.2) is 0 Å². The van der Waals surface area contributed by atoms with E-state index in [0.717, 1.165) is 0 Å². The third-order valence-electron chi connectivity index (χ3n) is 2.75. The number of hydrogen-bond donors (Lipinski definition) is 2. The van der Waals surface area contributed by atoms with Gasteiger partial charge in [0, 0.05) is 11.4 Å². The van der Waals surface area contributed by atoms with E-state index in [-0.39, 0.29) is 19.1 Å². The van der Waals surface area contributed by atoms with Crippen LogP contribution in [0.5, 0.6) is 5.75 Å². The number of carboxylic acid groups (broad SMARTS) is 1. The van der Waals surface area contributed by atoms with Gasteiger partial charge in [-0.25, -0.2) is 0 Å². The summed E-state index contributed by atoms with van der Waals surface area (Å²) in [6, 6.07) is 1.13. The van der Waals surface area contributed by atoms with Crippen LogP contribution in [-0.4, -0.2) is 43.3 Å². The highest BCUT2D eigenvalue weighted by Crippen LogP contribution is 2.22. The Balaban J connectivity index is 2.00. The molecule has 0 aromatic carbocycles. The predicted octanol–water partition coefficient (Wildman–Crippen LogP) is 0.586. The van der Waals surface area contributed by atoms with Gasteiger partial charge in [0.05, 0.1) is 31.2 Å². The average Bonchev–Trinajstić information content (AvgIpc) is 2.96. The Bertz CT molecular complexity index is 458. The Hall–Kier alpha value is -1.60. The quantitative estimate of drug-likeness (QED) is 0.837. The Morgan fingerprint density at radius 2 is 2.33 bits per heavy atom. The van der Waals surface area contributed by atoms with Gasteiger partial charge in [-0.2, -0.15) is 0 Å². The minimum Gasteiger partial charge on any atom is -0.496 e. The van der Waals surface area contributed by atoms with Crippen molar-refractivity contribution in [2.45, 2.75) is 6.04 Å². The summed E-state index contributed by atoms with van der Waals surface area (Å²) in [6.45, 7) is 0.360. The van der Waals surface area contributed by atoms with Crippen molar-refractivity contribution in [2.75, 3.05) is 20.3 Å².